The number of anilines is 1. The van der Waals surface area contributed by atoms with Crippen LogP contribution < -0.4 is 16.2 Å². The zero-order chi connectivity index (χ0) is 11.5. The highest BCUT2D eigenvalue weighted by atomic mass is 16.1. The third-order valence-electron chi connectivity index (χ3n) is 3.06. The molecule has 0 saturated carbocycles. The highest BCUT2D eigenvalue weighted by Gasteiger charge is 2.16. The van der Waals surface area contributed by atoms with E-state index in [1.807, 2.05) is 6.92 Å². The lowest BCUT2D eigenvalue weighted by Gasteiger charge is -2.31. The summed E-state index contributed by atoms with van der Waals surface area (Å²) in [5.41, 5.74) is 6.73. The number of hydrogen-bond acceptors (Lipinski definition) is 4. The molecule has 2 rings (SSSR count). The van der Waals surface area contributed by atoms with Gasteiger partial charge in [0.15, 0.2) is 0 Å². The second kappa shape index (κ2) is 4.65. The third-order valence-corrected chi connectivity index (χ3v) is 3.06. The van der Waals surface area contributed by atoms with Crippen molar-refractivity contribution in [2.45, 2.75) is 32.4 Å². The van der Waals surface area contributed by atoms with Crippen LogP contribution in [0.15, 0.2) is 17.1 Å². The highest BCUT2D eigenvalue weighted by molar-refractivity contribution is 5.43. The summed E-state index contributed by atoms with van der Waals surface area (Å²) in [6, 6.07) is 1.97. The maximum absolute atomic E-state index is 11.6. The van der Waals surface area contributed by atoms with Crippen LogP contribution in [0.25, 0.3) is 0 Å². The average Bonchev–Trinajstić information content (AvgIpc) is 2.30. The first-order valence-corrected chi connectivity index (χ1v) is 5.78. The maximum atomic E-state index is 11.6. The van der Waals surface area contributed by atoms with Crippen LogP contribution >= 0.6 is 0 Å². The molecule has 0 amide bonds. The largest absolute Gasteiger partial charge is 0.370 e. The summed E-state index contributed by atoms with van der Waals surface area (Å²) >= 11 is 0. The Bertz CT molecular complexity index is 407. The minimum Gasteiger partial charge on any atom is -0.370 e. The van der Waals surface area contributed by atoms with E-state index < -0.39 is 0 Å². The van der Waals surface area contributed by atoms with Gasteiger partial charge in [0, 0.05) is 31.7 Å². The molecule has 1 fully saturated rings. The van der Waals surface area contributed by atoms with Crippen molar-refractivity contribution in [3.05, 3.63) is 22.6 Å². The van der Waals surface area contributed by atoms with Crippen LogP contribution in [-0.2, 0) is 6.54 Å². The molecule has 0 aliphatic carbocycles. The predicted octanol–water partition coefficient (Wildman–Crippen LogP) is 0.191. The SMILES string of the molecule is CCn1ncc(N2CCC(N)CC2)cc1=O. The third kappa shape index (κ3) is 2.24. The molecule has 88 valence electrons. The monoisotopic (exact) mass is 222 g/mol. The molecule has 0 radical (unpaired) electrons. The van der Waals surface area contributed by atoms with Crippen molar-refractivity contribution in [1.29, 1.82) is 0 Å². The quantitative estimate of drug-likeness (QED) is 0.776. The lowest BCUT2D eigenvalue weighted by Crippen LogP contribution is -2.40. The van der Waals surface area contributed by atoms with E-state index in [9.17, 15) is 4.79 Å². The average molecular weight is 222 g/mol. The van der Waals surface area contributed by atoms with Crippen molar-refractivity contribution in [3.8, 4) is 0 Å². The van der Waals surface area contributed by atoms with Crippen molar-refractivity contribution < 1.29 is 0 Å². The lowest BCUT2D eigenvalue weighted by atomic mass is 10.1. The molecule has 1 aliphatic heterocycles. The van der Waals surface area contributed by atoms with Crippen LogP contribution in [0.5, 0.6) is 0 Å². The first-order chi connectivity index (χ1) is 7.70. The van der Waals surface area contributed by atoms with Gasteiger partial charge in [-0.05, 0) is 19.8 Å². The molecular weight excluding hydrogens is 204 g/mol. The molecule has 5 heteroatoms. The lowest BCUT2D eigenvalue weighted by molar-refractivity contribution is 0.499. The molecule has 1 aromatic heterocycles. The Balaban J connectivity index is 2.15. The summed E-state index contributed by atoms with van der Waals surface area (Å²) in [6.45, 7) is 4.36. The molecule has 16 heavy (non-hydrogen) atoms. The minimum absolute atomic E-state index is 0.0325. The Kier molecular flexibility index (Phi) is 3.24. The van der Waals surface area contributed by atoms with Gasteiger partial charge in [-0.2, -0.15) is 5.10 Å². The van der Waals surface area contributed by atoms with Crippen molar-refractivity contribution in [3.63, 3.8) is 0 Å². The van der Waals surface area contributed by atoms with Crippen molar-refractivity contribution in [1.82, 2.24) is 9.78 Å². The smallest absolute Gasteiger partial charge is 0.268 e. The van der Waals surface area contributed by atoms with Crippen LogP contribution in [0.4, 0.5) is 5.69 Å². The highest BCUT2D eigenvalue weighted by Crippen LogP contribution is 2.16. The Hall–Kier alpha value is -1.36. The van der Waals surface area contributed by atoms with Gasteiger partial charge in [-0.3, -0.25) is 4.79 Å². The van der Waals surface area contributed by atoms with Gasteiger partial charge < -0.3 is 10.6 Å². The summed E-state index contributed by atoms with van der Waals surface area (Å²) in [5.74, 6) is 0. The van der Waals surface area contributed by atoms with Crippen molar-refractivity contribution in [2.24, 2.45) is 5.73 Å². The molecule has 0 spiro atoms. The van der Waals surface area contributed by atoms with Gasteiger partial charge in [0.2, 0.25) is 0 Å². The van der Waals surface area contributed by atoms with E-state index in [-0.39, 0.29) is 5.56 Å². The van der Waals surface area contributed by atoms with E-state index in [2.05, 4.69) is 10.00 Å². The number of piperidine rings is 1. The number of nitrogens with two attached hydrogens (primary N) is 1. The number of aryl methyl sites for hydroxylation is 1. The number of aromatic nitrogens is 2. The Labute approximate surface area is 94.9 Å². The molecule has 5 nitrogen and oxygen atoms in total. The topological polar surface area (TPSA) is 64.2 Å². The predicted molar refractivity (Wildman–Crippen MR) is 63.6 cm³/mol. The van der Waals surface area contributed by atoms with Crippen LogP contribution in [0.3, 0.4) is 0 Å². The van der Waals surface area contributed by atoms with Gasteiger partial charge in [0.1, 0.15) is 0 Å². The molecule has 2 N–H and O–H groups in total. The second-order valence-electron chi connectivity index (χ2n) is 4.19. The fourth-order valence-corrected chi connectivity index (χ4v) is 1.99. The zero-order valence-corrected chi connectivity index (χ0v) is 9.59. The molecule has 0 aromatic carbocycles. The molecule has 0 atom stereocenters. The molecule has 1 aromatic rings. The van der Waals surface area contributed by atoms with Crippen LogP contribution in [-0.4, -0.2) is 28.9 Å². The Morgan fingerprint density at radius 3 is 2.75 bits per heavy atom. The van der Waals surface area contributed by atoms with E-state index in [4.69, 9.17) is 5.73 Å². The van der Waals surface area contributed by atoms with E-state index >= 15 is 0 Å². The maximum Gasteiger partial charge on any atom is 0.268 e. The first kappa shape index (κ1) is 11.1. The summed E-state index contributed by atoms with van der Waals surface area (Å²) in [5, 5.41) is 4.12. The van der Waals surface area contributed by atoms with Gasteiger partial charge in [-0.1, -0.05) is 0 Å². The first-order valence-electron chi connectivity index (χ1n) is 5.78. The van der Waals surface area contributed by atoms with E-state index in [1.54, 1.807) is 12.3 Å². The van der Waals surface area contributed by atoms with Crippen LogP contribution in [0.1, 0.15) is 19.8 Å². The van der Waals surface area contributed by atoms with Gasteiger partial charge in [0.05, 0.1) is 11.9 Å². The molecule has 1 saturated heterocycles. The zero-order valence-electron chi connectivity index (χ0n) is 9.59. The molecule has 0 bridgehead atoms. The van der Waals surface area contributed by atoms with Crippen LogP contribution in [0.2, 0.25) is 0 Å². The summed E-state index contributed by atoms with van der Waals surface area (Å²) in [6.07, 6.45) is 3.73. The van der Waals surface area contributed by atoms with Crippen LogP contribution in [0, 0.1) is 0 Å². The molecule has 2 heterocycles. The van der Waals surface area contributed by atoms with E-state index in [0.29, 0.717) is 12.6 Å². The fraction of sp³-hybridized carbons (Fsp3) is 0.636. The number of rotatable bonds is 2. The molecule has 0 unspecified atom stereocenters. The van der Waals surface area contributed by atoms with Gasteiger partial charge in [-0.15, -0.1) is 0 Å². The fourth-order valence-electron chi connectivity index (χ4n) is 1.99. The normalized spacial score (nSPS) is 17.8. The van der Waals surface area contributed by atoms with Gasteiger partial charge in [-0.25, -0.2) is 4.68 Å². The van der Waals surface area contributed by atoms with Gasteiger partial charge in [0.25, 0.3) is 5.56 Å². The minimum atomic E-state index is -0.0325. The summed E-state index contributed by atoms with van der Waals surface area (Å²) in [7, 11) is 0. The number of nitrogens with zero attached hydrogens (tertiary/aromatic N) is 3. The molecule has 1 aliphatic rings. The van der Waals surface area contributed by atoms with E-state index in [1.165, 1.54) is 4.68 Å². The summed E-state index contributed by atoms with van der Waals surface area (Å²) in [4.78, 5) is 13.8. The summed E-state index contributed by atoms with van der Waals surface area (Å²) < 4.78 is 1.46. The van der Waals surface area contributed by atoms with E-state index in [0.717, 1.165) is 31.6 Å². The Morgan fingerprint density at radius 2 is 2.19 bits per heavy atom. The van der Waals surface area contributed by atoms with Gasteiger partial charge >= 0.3 is 0 Å². The number of hydrogen-bond donors (Lipinski definition) is 1. The Morgan fingerprint density at radius 1 is 1.50 bits per heavy atom. The molecular formula is C11H18N4O. The second-order valence-corrected chi connectivity index (χ2v) is 4.19. The van der Waals surface area contributed by atoms with Crippen molar-refractivity contribution in [2.75, 3.05) is 18.0 Å². The standard InChI is InChI=1S/C11H18N4O/c1-2-15-11(16)7-10(8-13-15)14-5-3-9(12)4-6-14/h7-9H,2-6,12H2,1H3. The van der Waals surface area contributed by atoms with Crippen molar-refractivity contribution >= 4 is 5.69 Å².